The van der Waals surface area contributed by atoms with Crippen LogP contribution in [-0.2, 0) is 24.9 Å². The van der Waals surface area contributed by atoms with Gasteiger partial charge in [-0.3, -0.25) is 9.78 Å². The molecule has 129 heavy (non-hydrogen) atoms. The van der Waals surface area contributed by atoms with Gasteiger partial charge in [0.15, 0.2) is 0 Å². The van der Waals surface area contributed by atoms with Crippen molar-refractivity contribution in [2.45, 2.75) is 52.9 Å². The molecule has 1 atom stereocenters. The van der Waals surface area contributed by atoms with Crippen LogP contribution < -0.4 is 19.3 Å². The van der Waals surface area contributed by atoms with Crippen LogP contribution >= 0.6 is 24.0 Å². The Morgan fingerprint density at radius 1 is 0.388 bits per heavy atom. The number of nitrogens with zero attached hydrogens (tertiary/aromatic N) is 7. The van der Waals surface area contributed by atoms with Gasteiger partial charge in [0, 0.05) is 73.2 Å². The number of pyridine rings is 1. The normalized spacial score (nSPS) is 11.4. The van der Waals surface area contributed by atoms with Crippen molar-refractivity contribution in [3.63, 3.8) is 0 Å². The van der Waals surface area contributed by atoms with Gasteiger partial charge in [-0.25, -0.2) is 0 Å². The number of hydrogen-bond acceptors (Lipinski definition) is 11. The fraction of sp³-hybridized carbons (Fsp3) is 0.0727. The van der Waals surface area contributed by atoms with Crippen molar-refractivity contribution in [3.8, 4) is 125 Å². The number of anilines is 6. The largest absolute Gasteiger partial charge is 0.573 e. The first-order valence-corrected chi connectivity index (χ1v) is 40.5. The molecule has 0 spiro atoms. The Hall–Kier alpha value is -15.1. The van der Waals surface area contributed by atoms with E-state index in [1.165, 1.54) is 80.6 Å². The van der Waals surface area contributed by atoms with Gasteiger partial charge in [-0.15, -0.1) is 85.2 Å². The van der Waals surface area contributed by atoms with Gasteiger partial charge in [-0.1, -0.05) is 250 Å². The molecule has 1 aromatic heterocycles. The SMILES string of the molecule is CC(=O)CC(C)O.Cc1[c-]c(-c2ccc3ccccc3n2)cc(C)c1.I.N#CC(C#N)=C1c2cc(OC(F)(F)F)ccc2-c2cc3c(cc21)C(=C(C#N)C#N)c1cc(OC(F)(F)F)ccc1-3.[HH].[Ir].c1ccc(-c2ccc(-c3ccc(N(c4ccccc4)c4ccc(-c5ccc(N(c6ccc(-c7ccccc7)cc6)c6ccc(-c7ccccc7)cc6)cc5)cc4)cc3)cc2)cc1. The summed E-state index contributed by atoms with van der Waals surface area (Å²) in [4.78, 5) is 19.4. The molecule has 0 saturated carbocycles. The second kappa shape index (κ2) is 40.9. The van der Waals surface area contributed by atoms with Crippen molar-refractivity contribution >= 4 is 85.9 Å². The van der Waals surface area contributed by atoms with Crippen LogP contribution in [0.25, 0.3) is 111 Å². The number of aryl methyl sites for hydroxylation is 2. The first-order valence-electron chi connectivity index (χ1n) is 40.5. The zero-order chi connectivity index (χ0) is 88.9. The molecular formula is C110H79F6IIrN7O4-. The Bertz CT molecular complexity index is 6720. The van der Waals surface area contributed by atoms with Crippen molar-refractivity contribution in [2.24, 2.45) is 0 Å². The summed E-state index contributed by atoms with van der Waals surface area (Å²) >= 11 is 0. The molecule has 0 bridgehead atoms. The molecule has 1 radical (unpaired) electrons. The van der Waals surface area contributed by atoms with Crippen LogP contribution in [0.2, 0.25) is 0 Å². The number of alkyl halides is 6. The van der Waals surface area contributed by atoms with Gasteiger partial charge < -0.3 is 24.4 Å². The van der Waals surface area contributed by atoms with Crippen molar-refractivity contribution < 1.29 is 67.2 Å². The molecule has 0 fully saturated rings. The van der Waals surface area contributed by atoms with E-state index in [0.29, 0.717) is 22.3 Å². The number of Topliss-reactive ketones (excluding diaryl/α,β-unsaturated/α-hetero) is 1. The Morgan fingerprint density at radius 2 is 0.690 bits per heavy atom. The second-order valence-electron chi connectivity index (χ2n) is 30.2. The monoisotopic (exact) mass is 2000 g/mol. The molecule has 2 aliphatic carbocycles. The topological polar surface area (TPSA) is 170 Å². The molecule has 637 valence electrons. The van der Waals surface area contributed by atoms with Crippen molar-refractivity contribution in [2.75, 3.05) is 9.80 Å². The minimum absolute atomic E-state index is 0. The van der Waals surface area contributed by atoms with Gasteiger partial charge in [0.2, 0.25) is 0 Å². The van der Waals surface area contributed by atoms with Gasteiger partial charge in [-0.2, -0.15) is 21.0 Å². The minimum Gasteiger partial charge on any atom is -0.406 e. The summed E-state index contributed by atoms with van der Waals surface area (Å²) in [7, 11) is 0. The van der Waals surface area contributed by atoms with Crippen LogP contribution in [0.5, 0.6) is 11.5 Å². The molecule has 16 aromatic rings. The number of allylic oxidation sites excluding steroid dienone is 2. The van der Waals surface area contributed by atoms with E-state index >= 15 is 0 Å². The Morgan fingerprint density at radius 3 is 1.01 bits per heavy atom. The number of hydrogen-bond donors (Lipinski definition) is 1. The Kier molecular flexibility index (Phi) is 29.1. The van der Waals surface area contributed by atoms with Crippen LogP contribution in [0.1, 0.15) is 55.1 Å². The van der Waals surface area contributed by atoms with Crippen LogP contribution in [0.3, 0.4) is 0 Å². The number of ether oxygens (including phenoxy) is 2. The quantitative estimate of drug-likeness (QED) is 0.0423. The van der Waals surface area contributed by atoms with Gasteiger partial charge >= 0.3 is 12.7 Å². The molecule has 11 nitrogen and oxygen atoms in total. The number of aliphatic hydroxyl groups is 1. The van der Waals surface area contributed by atoms with Gasteiger partial charge in [-0.05, 0) is 240 Å². The van der Waals surface area contributed by atoms with Gasteiger partial charge in [0.25, 0.3) is 0 Å². The van der Waals surface area contributed by atoms with Gasteiger partial charge in [0.05, 0.1) is 11.6 Å². The number of benzene rings is 15. The predicted molar refractivity (Wildman–Crippen MR) is 508 cm³/mol. The smallest absolute Gasteiger partial charge is 0.406 e. The van der Waals surface area contributed by atoms with Crippen LogP contribution in [0.4, 0.5) is 60.5 Å². The number of fused-ring (bicyclic) bond motifs is 7. The fourth-order valence-corrected chi connectivity index (χ4v) is 15.8. The predicted octanol–water partition coefficient (Wildman–Crippen LogP) is 29.6. The molecule has 0 saturated heterocycles. The number of aromatic nitrogens is 1. The molecular weight excluding hydrogens is 1920 g/mol. The summed E-state index contributed by atoms with van der Waals surface area (Å²) < 4.78 is 85.3. The zero-order valence-electron chi connectivity index (χ0n) is 69.7. The number of aliphatic hydroxyl groups excluding tert-OH is 1. The number of ketones is 1. The zero-order valence-corrected chi connectivity index (χ0v) is 74.5. The third kappa shape index (κ3) is 21.7. The third-order valence-corrected chi connectivity index (χ3v) is 21.3. The molecule has 18 rings (SSSR count). The van der Waals surface area contributed by atoms with Crippen molar-refractivity contribution in [1.82, 2.24) is 4.98 Å². The Balaban J connectivity index is 0.000000191. The van der Waals surface area contributed by atoms with Crippen LogP contribution in [0.15, 0.2) is 375 Å². The first kappa shape index (κ1) is 91.6. The summed E-state index contributed by atoms with van der Waals surface area (Å²) in [5, 5.41) is 48.2. The van der Waals surface area contributed by atoms with E-state index in [-0.39, 0.29) is 91.1 Å². The number of carbonyl (C=O) groups excluding carboxylic acids is 1. The first-order chi connectivity index (χ1) is 61.5. The molecule has 15 aromatic carbocycles. The second-order valence-corrected chi connectivity index (χ2v) is 30.2. The number of rotatable bonds is 16. The van der Waals surface area contributed by atoms with E-state index in [2.05, 4.69) is 336 Å². The molecule has 1 N–H and O–H groups in total. The summed E-state index contributed by atoms with van der Waals surface area (Å²) in [5.41, 5.74) is 25.4. The average Bonchev–Trinajstić information content (AvgIpc) is 1.55. The number of carbonyl (C=O) groups is 1. The van der Waals surface area contributed by atoms with E-state index in [4.69, 9.17) is 10.1 Å². The van der Waals surface area contributed by atoms with Gasteiger partial charge in [0.1, 0.15) is 52.7 Å². The third-order valence-electron chi connectivity index (χ3n) is 21.3. The maximum absolute atomic E-state index is 12.9. The van der Waals surface area contributed by atoms with E-state index in [1.807, 2.05) is 18.2 Å². The Labute approximate surface area is 775 Å². The number of halogens is 7. The maximum atomic E-state index is 12.9. The van der Waals surface area contributed by atoms with E-state index in [9.17, 15) is 52.2 Å². The number of para-hydroxylation sites is 2. The number of nitriles is 4. The summed E-state index contributed by atoms with van der Waals surface area (Å²) in [6.45, 7) is 7.23. The van der Waals surface area contributed by atoms with E-state index in [1.54, 1.807) is 37.3 Å². The molecule has 1 unspecified atom stereocenters. The maximum Gasteiger partial charge on any atom is 0.573 e. The average molecular weight is 2000 g/mol. The van der Waals surface area contributed by atoms with Crippen LogP contribution in [-0.4, -0.2) is 34.7 Å². The van der Waals surface area contributed by atoms with E-state index < -0.39 is 41.5 Å². The van der Waals surface area contributed by atoms with Crippen LogP contribution in [0, 0.1) is 65.2 Å². The summed E-state index contributed by atoms with van der Waals surface area (Å²) in [5.74, 6) is -1.13. The standard InChI is InChI=1S/C60H44N2.C28H8F6N4O2.C17H14N.C5H10O2.HI.Ir.H2/c1-5-13-45(14-6-1)48-21-23-49(24-22-48)52-29-39-56(40-30-52)61(55-19-11-4-12-20-55)57-41-31-53(32-42-57)54-33-43-60(44-34-54)62(58-35-25-50(26-36-58)46-15-7-2-8-16-46)59-37-27-51(28-38-59)47-17-9-3-10-18-47;29-27(30,31)39-15-1-3-17-19-7-20-18-4-2-16(40-28(32,33)34)6-22(18)26(14(11-37)12-38)24(20)8-23(19)25(21(17)5-15)13(9-35)10-36;1-12-9-13(2)11-15(10-12)17-8-7-14-5-3-4-6-16(14)18-17;1-4(6)3-5(2)7;;;/h1-44H;1-8H;3-10H,1-2H3;4,6H,3H2,1-2H3;1H;;1H/q;;-1;;;;. The van der Waals surface area contributed by atoms with Crippen molar-refractivity contribution in [3.05, 3.63) is 415 Å². The summed E-state index contributed by atoms with van der Waals surface area (Å²) in [6, 6.07) is 132. The molecule has 2 aliphatic rings. The van der Waals surface area contributed by atoms with E-state index in [0.717, 1.165) is 91.9 Å². The molecule has 0 amide bonds. The molecule has 19 heteroatoms. The fourth-order valence-electron chi connectivity index (χ4n) is 15.8. The molecule has 1 heterocycles. The molecule has 0 aliphatic heterocycles. The van der Waals surface area contributed by atoms with Crippen molar-refractivity contribution in [1.29, 1.82) is 21.0 Å². The summed E-state index contributed by atoms with van der Waals surface area (Å²) in [6.07, 6.45) is -10.2. The minimum atomic E-state index is -5.00.